The molecule has 2 aromatic rings. The Morgan fingerprint density at radius 3 is 2.94 bits per heavy atom. The van der Waals surface area contributed by atoms with Gasteiger partial charge >= 0.3 is 0 Å². The second-order valence-corrected chi connectivity index (χ2v) is 4.13. The molecule has 18 heavy (non-hydrogen) atoms. The Morgan fingerprint density at radius 1 is 1.56 bits per heavy atom. The monoisotopic (exact) mass is 268 g/mol. The summed E-state index contributed by atoms with van der Waals surface area (Å²) in [6.45, 7) is 1.71. The molecule has 0 bridgehead atoms. The smallest absolute Gasteiger partial charge is 0.254 e. The summed E-state index contributed by atoms with van der Waals surface area (Å²) < 4.78 is 13.5. The lowest BCUT2D eigenvalue weighted by Crippen LogP contribution is -2.28. The first-order chi connectivity index (χ1) is 8.58. The summed E-state index contributed by atoms with van der Waals surface area (Å²) in [6.07, 6.45) is 1.33. The molecule has 1 atom stereocenters. The van der Waals surface area contributed by atoms with Crippen LogP contribution in [0.4, 0.5) is 4.39 Å². The molecule has 7 heteroatoms. The van der Waals surface area contributed by atoms with E-state index in [4.69, 9.17) is 11.6 Å². The Morgan fingerprint density at radius 2 is 2.33 bits per heavy atom. The van der Waals surface area contributed by atoms with Gasteiger partial charge in [-0.3, -0.25) is 9.89 Å². The highest BCUT2D eigenvalue weighted by Gasteiger charge is 2.16. The molecule has 2 rings (SSSR count). The van der Waals surface area contributed by atoms with E-state index in [1.807, 2.05) is 0 Å². The maximum absolute atomic E-state index is 13.5. The fourth-order valence-electron chi connectivity index (χ4n) is 1.44. The normalized spacial score (nSPS) is 12.2. The number of carbonyl (C=O) groups is 1. The second kappa shape index (κ2) is 5.14. The Kier molecular flexibility index (Phi) is 3.57. The summed E-state index contributed by atoms with van der Waals surface area (Å²) in [7, 11) is 0. The first-order valence-electron chi connectivity index (χ1n) is 5.19. The molecule has 1 amide bonds. The van der Waals surface area contributed by atoms with E-state index in [1.165, 1.54) is 18.5 Å². The average molecular weight is 269 g/mol. The number of H-pyrrole nitrogens is 1. The zero-order valence-electron chi connectivity index (χ0n) is 9.45. The average Bonchev–Trinajstić information content (AvgIpc) is 2.81. The molecule has 1 aromatic carbocycles. The van der Waals surface area contributed by atoms with Crippen molar-refractivity contribution in [1.82, 2.24) is 20.5 Å². The Bertz CT molecular complexity index is 558. The molecule has 94 valence electrons. The van der Waals surface area contributed by atoms with Crippen LogP contribution in [-0.4, -0.2) is 21.1 Å². The van der Waals surface area contributed by atoms with E-state index in [0.717, 1.165) is 6.07 Å². The summed E-state index contributed by atoms with van der Waals surface area (Å²) >= 11 is 5.61. The molecule has 0 saturated carbocycles. The molecule has 0 aliphatic rings. The minimum atomic E-state index is -0.662. The third kappa shape index (κ3) is 2.65. The van der Waals surface area contributed by atoms with Crippen LogP contribution in [0.3, 0.4) is 0 Å². The van der Waals surface area contributed by atoms with E-state index in [2.05, 4.69) is 20.5 Å². The zero-order chi connectivity index (χ0) is 13.1. The molecule has 0 radical (unpaired) electrons. The van der Waals surface area contributed by atoms with Gasteiger partial charge in [0, 0.05) is 5.02 Å². The van der Waals surface area contributed by atoms with Gasteiger partial charge in [0.05, 0.1) is 11.6 Å². The molecule has 1 heterocycles. The molecule has 1 aromatic heterocycles. The zero-order valence-corrected chi connectivity index (χ0v) is 10.2. The molecule has 5 nitrogen and oxygen atoms in total. The number of rotatable bonds is 3. The predicted molar refractivity (Wildman–Crippen MR) is 63.7 cm³/mol. The van der Waals surface area contributed by atoms with Crippen molar-refractivity contribution in [3.8, 4) is 0 Å². The second-order valence-electron chi connectivity index (χ2n) is 3.69. The summed E-state index contributed by atoms with van der Waals surface area (Å²) in [6, 6.07) is 3.49. The van der Waals surface area contributed by atoms with Crippen LogP contribution in [0.25, 0.3) is 0 Å². The van der Waals surface area contributed by atoms with Crippen LogP contribution in [0.15, 0.2) is 24.5 Å². The van der Waals surface area contributed by atoms with Crippen LogP contribution >= 0.6 is 11.6 Å². The number of aromatic amines is 1. The Labute approximate surface area is 107 Å². The molecular weight excluding hydrogens is 259 g/mol. The van der Waals surface area contributed by atoms with Crippen molar-refractivity contribution in [1.29, 1.82) is 0 Å². The van der Waals surface area contributed by atoms with Crippen molar-refractivity contribution in [3.05, 3.63) is 46.8 Å². The number of nitrogens with one attached hydrogen (secondary N) is 2. The molecule has 0 aliphatic carbocycles. The molecule has 0 spiro atoms. The minimum Gasteiger partial charge on any atom is -0.342 e. The maximum Gasteiger partial charge on any atom is 0.254 e. The molecule has 0 fully saturated rings. The first kappa shape index (κ1) is 12.5. The van der Waals surface area contributed by atoms with Crippen molar-refractivity contribution in [2.75, 3.05) is 0 Å². The highest BCUT2D eigenvalue weighted by Crippen LogP contribution is 2.15. The van der Waals surface area contributed by atoms with Gasteiger partial charge in [-0.1, -0.05) is 11.6 Å². The van der Waals surface area contributed by atoms with Crippen LogP contribution in [0.2, 0.25) is 5.02 Å². The largest absolute Gasteiger partial charge is 0.342 e. The molecule has 0 aliphatic heterocycles. The highest BCUT2D eigenvalue weighted by atomic mass is 35.5. The van der Waals surface area contributed by atoms with Crippen LogP contribution in [0.1, 0.15) is 29.1 Å². The van der Waals surface area contributed by atoms with E-state index in [1.54, 1.807) is 6.92 Å². The predicted octanol–water partition coefficient (Wildman–Crippen LogP) is 2.09. The fraction of sp³-hybridized carbons (Fsp3) is 0.182. The lowest BCUT2D eigenvalue weighted by Gasteiger charge is -2.11. The van der Waals surface area contributed by atoms with Crippen molar-refractivity contribution in [3.63, 3.8) is 0 Å². The number of amides is 1. The maximum atomic E-state index is 13.5. The SMILES string of the molecule is CC(NC(=O)c1ccc(Cl)cc1F)c1ncn[nH]1. The van der Waals surface area contributed by atoms with E-state index in [-0.39, 0.29) is 10.6 Å². The number of halogens is 2. The van der Waals surface area contributed by atoms with E-state index in [9.17, 15) is 9.18 Å². The topological polar surface area (TPSA) is 70.7 Å². The Balaban J connectivity index is 2.12. The van der Waals surface area contributed by atoms with Gasteiger partial charge in [0.1, 0.15) is 18.0 Å². The first-order valence-corrected chi connectivity index (χ1v) is 5.57. The van der Waals surface area contributed by atoms with Crippen molar-refractivity contribution in [2.24, 2.45) is 0 Å². The number of hydrogen-bond donors (Lipinski definition) is 2. The summed E-state index contributed by atoms with van der Waals surface area (Å²) in [5.74, 6) is -0.699. The minimum absolute atomic E-state index is 0.0641. The number of benzene rings is 1. The van der Waals surface area contributed by atoms with E-state index in [0.29, 0.717) is 5.82 Å². The van der Waals surface area contributed by atoms with Gasteiger partial charge in [0.25, 0.3) is 5.91 Å². The number of aromatic nitrogens is 3. The van der Waals surface area contributed by atoms with Crippen LogP contribution in [0.5, 0.6) is 0 Å². The lowest BCUT2D eigenvalue weighted by atomic mass is 10.2. The molecule has 1 unspecified atom stereocenters. The molecule has 2 N–H and O–H groups in total. The van der Waals surface area contributed by atoms with Crippen molar-refractivity contribution in [2.45, 2.75) is 13.0 Å². The number of hydrogen-bond acceptors (Lipinski definition) is 3. The molecule has 0 saturated heterocycles. The standard InChI is InChI=1S/C11H10ClFN4O/c1-6(10-14-5-15-17-10)16-11(18)8-3-2-7(12)4-9(8)13/h2-6H,1H3,(H,16,18)(H,14,15,17). The quantitative estimate of drug-likeness (QED) is 0.895. The van der Waals surface area contributed by atoms with Gasteiger partial charge in [0.15, 0.2) is 0 Å². The van der Waals surface area contributed by atoms with Crippen LogP contribution in [0, 0.1) is 5.82 Å². The van der Waals surface area contributed by atoms with Crippen molar-refractivity contribution >= 4 is 17.5 Å². The van der Waals surface area contributed by atoms with Crippen LogP contribution in [-0.2, 0) is 0 Å². The fourth-order valence-corrected chi connectivity index (χ4v) is 1.60. The van der Waals surface area contributed by atoms with Gasteiger partial charge in [0.2, 0.25) is 0 Å². The number of nitrogens with zero attached hydrogens (tertiary/aromatic N) is 2. The van der Waals surface area contributed by atoms with E-state index < -0.39 is 17.8 Å². The van der Waals surface area contributed by atoms with Gasteiger partial charge in [-0.15, -0.1) is 0 Å². The third-order valence-corrected chi connectivity index (χ3v) is 2.60. The van der Waals surface area contributed by atoms with E-state index >= 15 is 0 Å². The summed E-state index contributed by atoms with van der Waals surface area (Å²) in [5, 5.41) is 9.15. The highest BCUT2D eigenvalue weighted by molar-refractivity contribution is 6.30. The number of carbonyl (C=O) groups excluding carboxylic acids is 1. The van der Waals surface area contributed by atoms with Gasteiger partial charge < -0.3 is 5.32 Å². The van der Waals surface area contributed by atoms with Gasteiger partial charge in [-0.25, -0.2) is 9.37 Å². The Hall–Kier alpha value is -1.95. The van der Waals surface area contributed by atoms with Gasteiger partial charge in [-0.2, -0.15) is 5.10 Å². The summed E-state index contributed by atoms with van der Waals surface area (Å²) in [4.78, 5) is 15.7. The van der Waals surface area contributed by atoms with Gasteiger partial charge in [-0.05, 0) is 25.1 Å². The third-order valence-electron chi connectivity index (χ3n) is 2.37. The van der Waals surface area contributed by atoms with Crippen LogP contribution < -0.4 is 5.32 Å². The lowest BCUT2D eigenvalue weighted by molar-refractivity contribution is 0.0934. The molecular formula is C11H10ClFN4O. The summed E-state index contributed by atoms with van der Waals surface area (Å²) in [5.41, 5.74) is -0.0641. The van der Waals surface area contributed by atoms with Crippen molar-refractivity contribution < 1.29 is 9.18 Å².